The first-order valence-electron chi connectivity index (χ1n) is 19.3. The Morgan fingerprint density at radius 3 is 2.37 bits per heavy atom. The van der Waals surface area contributed by atoms with Crippen molar-refractivity contribution in [3.8, 4) is 33.8 Å². The van der Waals surface area contributed by atoms with Gasteiger partial charge in [-0.1, -0.05) is 29.4 Å². The number of carbonyl (C=O) groups is 4. The van der Waals surface area contributed by atoms with Gasteiger partial charge in [-0.25, -0.2) is 4.68 Å². The van der Waals surface area contributed by atoms with Gasteiger partial charge in [0.2, 0.25) is 11.8 Å². The summed E-state index contributed by atoms with van der Waals surface area (Å²) in [6.45, 7) is 4.71. The maximum atomic E-state index is 13.4. The molecule has 288 valence electrons. The van der Waals surface area contributed by atoms with E-state index in [0.717, 1.165) is 102 Å². The molecule has 5 aromatic rings. The molecule has 2 fully saturated rings. The highest BCUT2D eigenvalue weighted by atomic mass is 16.5. The molecule has 0 radical (unpaired) electrons. The second-order valence-electron chi connectivity index (χ2n) is 14.7. The minimum absolute atomic E-state index is 0.0678. The molecule has 14 nitrogen and oxygen atoms in total. The lowest BCUT2D eigenvalue weighted by Gasteiger charge is -2.36. The van der Waals surface area contributed by atoms with Crippen molar-refractivity contribution in [3.05, 3.63) is 114 Å². The van der Waals surface area contributed by atoms with Crippen LogP contribution in [0.3, 0.4) is 0 Å². The summed E-state index contributed by atoms with van der Waals surface area (Å²) >= 11 is 0. The van der Waals surface area contributed by atoms with Gasteiger partial charge in [0, 0.05) is 80.1 Å². The molecule has 3 aromatic carbocycles. The minimum Gasteiger partial charge on any atom is -0.493 e. The van der Waals surface area contributed by atoms with E-state index < -0.39 is 29.7 Å². The van der Waals surface area contributed by atoms with Crippen LogP contribution in [0.1, 0.15) is 57.5 Å². The van der Waals surface area contributed by atoms with Crippen molar-refractivity contribution in [1.82, 2.24) is 29.9 Å². The molecule has 2 aromatic heterocycles. The number of hydrogen-bond acceptors (Lipinski definition) is 11. The molecule has 57 heavy (non-hydrogen) atoms. The van der Waals surface area contributed by atoms with Gasteiger partial charge in [0.05, 0.1) is 29.1 Å². The third-order valence-electron chi connectivity index (χ3n) is 11.3. The summed E-state index contributed by atoms with van der Waals surface area (Å²) in [7, 11) is 0. The average molecular weight is 765 g/mol. The number of rotatable bonds is 10. The summed E-state index contributed by atoms with van der Waals surface area (Å²) in [6, 6.07) is 22.6. The number of nitrogens with zero attached hydrogens (tertiary/aromatic N) is 7. The van der Waals surface area contributed by atoms with Crippen LogP contribution in [-0.2, 0) is 16.0 Å². The summed E-state index contributed by atoms with van der Waals surface area (Å²) in [6.07, 6.45) is 8.09. The van der Waals surface area contributed by atoms with E-state index in [1.54, 1.807) is 30.6 Å². The molecule has 3 aliphatic heterocycles. The van der Waals surface area contributed by atoms with Crippen LogP contribution >= 0.6 is 0 Å². The predicted octanol–water partition coefficient (Wildman–Crippen LogP) is 4.72. The van der Waals surface area contributed by atoms with Gasteiger partial charge in [-0.2, -0.15) is 5.10 Å². The van der Waals surface area contributed by atoms with E-state index in [0.29, 0.717) is 12.4 Å². The Balaban J connectivity index is 0.806. The van der Waals surface area contributed by atoms with Crippen LogP contribution in [0.4, 0.5) is 5.69 Å². The summed E-state index contributed by atoms with van der Waals surface area (Å²) in [4.78, 5) is 60.5. The first kappa shape index (κ1) is 36.0. The highest BCUT2D eigenvalue weighted by molar-refractivity contribution is 6.24. The number of piperidine rings is 1. The van der Waals surface area contributed by atoms with Gasteiger partial charge in [-0.15, -0.1) is 0 Å². The number of oxime groups is 1. The van der Waals surface area contributed by atoms with E-state index in [1.165, 1.54) is 5.56 Å². The number of anilines is 1. The number of fused-ring (bicyclic) bond motifs is 2. The molecule has 5 heterocycles. The fourth-order valence-electron chi connectivity index (χ4n) is 8.30. The maximum absolute atomic E-state index is 13.4. The van der Waals surface area contributed by atoms with Crippen LogP contribution in [0.25, 0.3) is 28.1 Å². The van der Waals surface area contributed by atoms with Crippen molar-refractivity contribution in [2.75, 3.05) is 44.2 Å². The highest BCUT2D eigenvalue weighted by Gasteiger charge is 2.46. The van der Waals surface area contributed by atoms with E-state index in [1.807, 2.05) is 22.9 Å². The fraction of sp³-hybridized carbons (Fsp3) is 0.279. The fourth-order valence-corrected chi connectivity index (χ4v) is 8.30. The van der Waals surface area contributed by atoms with Gasteiger partial charge in [0.25, 0.3) is 11.8 Å². The second-order valence-corrected chi connectivity index (χ2v) is 14.7. The summed E-state index contributed by atoms with van der Waals surface area (Å²) in [5.74, 6) is -1.84. The van der Waals surface area contributed by atoms with Gasteiger partial charge in [0.15, 0.2) is 0 Å². The van der Waals surface area contributed by atoms with E-state index >= 15 is 0 Å². The number of benzene rings is 3. The van der Waals surface area contributed by atoms with Gasteiger partial charge in [0.1, 0.15) is 17.5 Å². The lowest BCUT2D eigenvalue weighted by Crippen LogP contribution is -2.54. The lowest BCUT2D eigenvalue weighted by molar-refractivity contribution is -0.136. The molecule has 1 aliphatic carbocycles. The molecule has 4 aliphatic rings. The maximum Gasteiger partial charge on any atom is 0.266 e. The molecular weight excluding hydrogens is 725 g/mol. The Labute approximate surface area is 328 Å². The Kier molecular flexibility index (Phi) is 9.54. The van der Waals surface area contributed by atoms with Crippen molar-refractivity contribution in [2.24, 2.45) is 5.16 Å². The smallest absolute Gasteiger partial charge is 0.266 e. The number of imide groups is 2. The van der Waals surface area contributed by atoms with Crippen molar-refractivity contribution in [2.45, 2.75) is 38.1 Å². The Morgan fingerprint density at radius 2 is 1.60 bits per heavy atom. The quantitative estimate of drug-likeness (QED) is 0.0882. The molecule has 0 spiro atoms. The van der Waals surface area contributed by atoms with E-state index in [2.05, 4.69) is 67.9 Å². The van der Waals surface area contributed by atoms with Crippen molar-refractivity contribution in [3.63, 3.8) is 0 Å². The molecule has 4 amide bonds. The van der Waals surface area contributed by atoms with Gasteiger partial charge >= 0.3 is 0 Å². The number of carbonyl (C=O) groups excluding carboxylic acids is 4. The van der Waals surface area contributed by atoms with Crippen molar-refractivity contribution >= 4 is 35.0 Å². The molecule has 14 heteroatoms. The summed E-state index contributed by atoms with van der Waals surface area (Å²) < 4.78 is 7.97. The Hall–Kier alpha value is -6.67. The topological polar surface area (TPSA) is 163 Å². The van der Waals surface area contributed by atoms with E-state index in [9.17, 15) is 24.4 Å². The zero-order valence-electron chi connectivity index (χ0n) is 31.1. The monoisotopic (exact) mass is 764 g/mol. The highest BCUT2D eigenvalue weighted by Crippen LogP contribution is 2.36. The van der Waals surface area contributed by atoms with Crippen LogP contribution in [0.2, 0.25) is 0 Å². The van der Waals surface area contributed by atoms with Crippen LogP contribution in [0.15, 0.2) is 96.5 Å². The van der Waals surface area contributed by atoms with Crippen molar-refractivity contribution < 1.29 is 29.1 Å². The Morgan fingerprint density at radius 1 is 0.807 bits per heavy atom. The summed E-state index contributed by atoms with van der Waals surface area (Å²) in [5.41, 5.74) is 9.27. The average Bonchev–Trinajstić information content (AvgIpc) is 3.94. The van der Waals surface area contributed by atoms with Gasteiger partial charge in [-0.3, -0.25) is 39.3 Å². The molecule has 1 unspecified atom stereocenters. The van der Waals surface area contributed by atoms with E-state index in [-0.39, 0.29) is 24.0 Å². The molecule has 0 saturated carbocycles. The number of pyridine rings is 1. The molecule has 2 N–H and O–H groups in total. The third kappa shape index (κ3) is 6.82. The first-order chi connectivity index (χ1) is 27.9. The number of piperazine rings is 1. The number of nitrogens with one attached hydrogen (secondary N) is 1. The van der Waals surface area contributed by atoms with Crippen LogP contribution < -0.4 is 15.0 Å². The number of ether oxygens (including phenoxy) is 1. The van der Waals surface area contributed by atoms with Crippen LogP contribution in [-0.4, -0.2) is 104 Å². The largest absolute Gasteiger partial charge is 0.493 e. The number of aryl methyl sites for hydroxylation is 1. The molecule has 2 saturated heterocycles. The normalized spacial score (nSPS) is 18.9. The molecule has 9 rings (SSSR count). The second kappa shape index (κ2) is 15.1. The van der Waals surface area contributed by atoms with Crippen LogP contribution in [0, 0.1) is 0 Å². The van der Waals surface area contributed by atoms with Gasteiger partial charge in [-0.05, 0) is 85.3 Å². The predicted molar refractivity (Wildman–Crippen MR) is 211 cm³/mol. The molecule has 1 atom stereocenters. The van der Waals surface area contributed by atoms with E-state index in [4.69, 9.17) is 9.84 Å². The van der Waals surface area contributed by atoms with Gasteiger partial charge < -0.3 is 14.8 Å². The first-order valence-corrected chi connectivity index (χ1v) is 19.3. The number of amides is 4. The number of hydrogen-bond donors (Lipinski definition) is 2. The molecule has 0 bridgehead atoms. The Bertz CT molecular complexity index is 2420. The number of aromatic nitrogens is 3. The zero-order valence-corrected chi connectivity index (χ0v) is 31.1. The zero-order chi connectivity index (χ0) is 39.0. The minimum atomic E-state index is -1.02. The SMILES string of the molecule is O=C1CCC(N2C(=O)c3cccc(OCCCN4CCN(c5ccc(-n6cc(-c7ccc8c(c7)CC/C8=N\O)c(-c7ccncc7)n6)cc5)CC4)c3C2=O)C(=O)N1. The third-order valence-corrected chi connectivity index (χ3v) is 11.3. The van der Waals surface area contributed by atoms with Crippen LogP contribution in [0.5, 0.6) is 5.75 Å². The van der Waals surface area contributed by atoms with Crippen molar-refractivity contribution in [1.29, 1.82) is 0 Å². The lowest BCUT2D eigenvalue weighted by atomic mass is 9.98. The molecular formula is C43H40N8O6. The summed E-state index contributed by atoms with van der Waals surface area (Å²) in [5, 5.41) is 20.2. The standard InChI is InChI=1S/C43H40N8O6/c52-38-14-13-36(41(53)45-38)51-42(54)33-3-1-4-37(39(33)43(51)55)57-24-2-19-48-20-22-49(23-21-48)30-7-9-31(10-8-30)50-26-34(40(46-50)27-15-17-44-18-16-27)29-5-11-32-28(25-29)6-12-35(32)47-56/h1,3-5,7-11,15-18,25-26,36,56H,2,6,12-14,19-24H2,(H,45,52,53)/b47-35+.